The Bertz CT molecular complexity index is 590. The Morgan fingerprint density at radius 3 is 2.70 bits per heavy atom. The molecule has 23 heavy (non-hydrogen) atoms. The number of fused-ring (bicyclic) bond motifs is 2. The van der Waals surface area contributed by atoms with Crippen molar-refractivity contribution in [2.45, 2.75) is 44.6 Å². The minimum absolute atomic E-state index is 0.127. The van der Waals surface area contributed by atoms with Crippen LogP contribution in [-0.4, -0.2) is 31.4 Å². The maximum absolute atomic E-state index is 11.5. The fraction of sp³-hybridized carbons (Fsp3) is 0.632. The summed E-state index contributed by atoms with van der Waals surface area (Å²) < 4.78 is 17.1. The first kappa shape index (κ1) is 15.0. The third-order valence-corrected chi connectivity index (χ3v) is 5.93. The second-order valence-electron chi connectivity index (χ2n) is 7.13. The largest absolute Gasteiger partial charge is 0.493 e. The number of carbonyl (C=O) groups excluding carboxylic acids is 1. The highest BCUT2D eigenvalue weighted by atomic mass is 16.5. The number of carbonyl (C=O) groups is 1. The van der Waals surface area contributed by atoms with Crippen molar-refractivity contribution < 1.29 is 19.0 Å². The molecular weight excluding hydrogens is 292 g/mol. The van der Waals surface area contributed by atoms with Gasteiger partial charge in [0.05, 0.1) is 31.8 Å². The van der Waals surface area contributed by atoms with Gasteiger partial charge in [-0.15, -0.1) is 0 Å². The second kappa shape index (κ2) is 5.52. The molecule has 1 aromatic carbocycles. The molecule has 1 aliphatic heterocycles. The van der Waals surface area contributed by atoms with Crippen LogP contribution in [0.15, 0.2) is 24.3 Å². The van der Waals surface area contributed by atoms with Gasteiger partial charge in [0, 0.05) is 5.41 Å². The van der Waals surface area contributed by atoms with Crippen LogP contribution in [0.3, 0.4) is 0 Å². The minimum Gasteiger partial charge on any atom is -0.493 e. The molecule has 3 fully saturated rings. The summed E-state index contributed by atoms with van der Waals surface area (Å²) in [6.45, 7) is 3.92. The Balaban J connectivity index is 1.34. The molecule has 2 saturated carbocycles. The van der Waals surface area contributed by atoms with Gasteiger partial charge >= 0.3 is 5.97 Å². The first-order valence-corrected chi connectivity index (χ1v) is 8.69. The van der Waals surface area contributed by atoms with E-state index in [0.29, 0.717) is 18.9 Å². The van der Waals surface area contributed by atoms with Crippen molar-refractivity contribution >= 4 is 5.97 Å². The van der Waals surface area contributed by atoms with Gasteiger partial charge in [0.25, 0.3) is 0 Å². The summed E-state index contributed by atoms with van der Waals surface area (Å²) in [5.74, 6) is 1.39. The third-order valence-electron chi connectivity index (χ3n) is 5.93. The lowest BCUT2D eigenvalue weighted by molar-refractivity contribution is -0.142. The first-order valence-electron chi connectivity index (χ1n) is 8.69. The van der Waals surface area contributed by atoms with Crippen LogP contribution >= 0.6 is 0 Å². The molecule has 0 bridgehead atoms. The molecule has 4 nitrogen and oxygen atoms in total. The van der Waals surface area contributed by atoms with Crippen LogP contribution in [0, 0.1) is 11.3 Å². The van der Waals surface area contributed by atoms with Crippen molar-refractivity contribution in [1.29, 1.82) is 0 Å². The van der Waals surface area contributed by atoms with Crippen LogP contribution in [0.25, 0.3) is 0 Å². The normalized spacial score (nSPS) is 29.7. The fourth-order valence-corrected chi connectivity index (χ4v) is 4.30. The minimum atomic E-state index is -0.184. The zero-order chi connectivity index (χ0) is 15.9. The Labute approximate surface area is 137 Å². The summed E-state index contributed by atoms with van der Waals surface area (Å²) in [7, 11) is 0. The van der Waals surface area contributed by atoms with Gasteiger partial charge in [0.1, 0.15) is 5.75 Å². The number of benzene rings is 1. The maximum atomic E-state index is 11.5. The van der Waals surface area contributed by atoms with Crippen LogP contribution in [-0.2, 0) is 20.7 Å². The number of rotatable bonds is 6. The lowest BCUT2D eigenvalue weighted by atomic mass is 9.69. The molecule has 4 rings (SSSR count). The molecule has 2 aliphatic carbocycles. The van der Waals surface area contributed by atoms with E-state index in [1.54, 1.807) is 0 Å². The molecule has 124 valence electrons. The summed E-state index contributed by atoms with van der Waals surface area (Å²) in [5, 5.41) is 0. The number of ether oxygens (including phenoxy) is 3. The Hall–Kier alpha value is -1.55. The monoisotopic (exact) mass is 316 g/mol. The fourth-order valence-electron chi connectivity index (χ4n) is 4.30. The Morgan fingerprint density at radius 1 is 1.30 bits per heavy atom. The van der Waals surface area contributed by atoms with Gasteiger partial charge in [-0.2, -0.15) is 0 Å². The molecule has 1 saturated heterocycles. The van der Waals surface area contributed by atoms with Crippen LogP contribution in [0.5, 0.6) is 5.75 Å². The average Bonchev–Trinajstić information content (AvgIpc) is 3.12. The molecule has 0 unspecified atom stereocenters. The van der Waals surface area contributed by atoms with Crippen molar-refractivity contribution in [2.24, 2.45) is 11.3 Å². The summed E-state index contributed by atoms with van der Waals surface area (Å²) in [6, 6.07) is 7.79. The molecular formula is C19H24O4. The van der Waals surface area contributed by atoms with Gasteiger partial charge in [-0.1, -0.05) is 12.1 Å². The predicted molar refractivity (Wildman–Crippen MR) is 85.3 cm³/mol. The van der Waals surface area contributed by atoms with Gasteiger partial charge in [0.15, 0.2) is 0 Å². The molecule has 1 aromatic rings. The molecule has 0 aromatic heterocycles. The maximum Gasteiger partial charge on any atom is 0.310 e. The lowest BCUT2D eigenvalue weighted by Crippen LogP contribution is -2.48. The predicted octanol–water partition coefficient (Wildman–Crippen LogP) is 3.13. The molecule has 4 heteroatoms. The van der Waals surface area contributed by atoms with Crippen molar-refractivity contribution in [3.63, 3.8) is 0 Å². The highest BCUT2D eigenvalue weighted by molar-refractivity contribution is 5.72. The van der Waals surface area contributed by atoms with E-state index in [9.17, 15) is 4.79 Å². The molecule has 0 amide bonds. The van der Waals surface area contributed by atoms with Gasteiger partial charge in [-0.3, -0.25) is 4.79 Å². The zero-order valence-corrected chi connectivity index (χ0v) is 13.7. The molecule has 1 heterocycles. The van der Waals surface area contributed by atoms with E-state index in [-0.39, 0.29) is 17.0 Å². The molecule has 3 aliphatic rings. The summed E-state index contributed by atoms with van der Waals surface area (Å²) in [4.78, 5) is 11.5. The average molecular weight is 316 g/mol. The zero-order valence-electron chi connectivity index (χ0n) is 13.7. The van der Waals surface area contributed by atoms with E-state index < -0.39 is 0 Å². The number of esters is 1. The van der Waals surface area contributed by atoms with E-state index in [2.05, 4.69) is 0 Å². The first-order chi connectivity index (χ1) is 11.2. The summed E-state index contributed by atoms with van der Waals surface area (Å²) in [6.07, 6.45) is 5.26. The lowest BCUT2D eigenvalue weighted by Gasteiger charge is -2.45. The van der Waals surface area contributed by atoms with Gasteiger partial charge in [0.2, 0.25) is 0 Å². The quantitative estimate of drug-likeness (QED) is 0.756. The topological polar surface area (TPSA) is 44.8 Å². The van der Waals surface area contributed by atoms with Crippen LogP contribution in [0.2, 0.25) is 0 Å². The SMILES string of the molecule is CCOC(=O)Cc1ccc(OC[C@]23C[C@H]2COC32CCC2)cc1. The second-order valence-corrected chi connectivity index (χ2v) is 7.13. The van der Waals surface area contributed by atoms with E-state index >= 15 is 0 Å². The van der Waals surface area contributed by atoms with Crippen LogP contribution in [0.4, 0.5) is 0 Å². The highest BCUT2D eigenvalue weighted by Crippen LogP contribution is 2.71. The number of hydrogen-bond acceptors (Lipinski definition) is 4. The van der Waals surface area contributed by atoms with Crippen molar-refractivity contribution in [3.05, 3.63) is 29.8 Å². The van der Waals surface area contributed by atoms with E-state index in [1.807, 2.05) is 31.2 Å². The number of hydrogen-bond donors (Lipinski definition) is 0. The summed E-state index contributed by atoms with van der Waals surface area (Å²) >= 11 is 0. The standard InChI is InChI=1S/C19H24O4/c1-2-21-17(20)10-14-4-6-16(7-5-14)22-13-18-11-15(18)12-23-19(18)8-3-9-19/h4-7,15H,2-3,8-13H2,1H3/t15-,18+/m0/s1. The van der Waals surface area contributed by atoms with Gasteiger partial charge < -0.3 is 14.2 Å². The molecule has 0 N–H and O–H groups in total. The Morgan fingerprint density at radius 2 is 2.09 bits per heavy atom. The van der Waals surface area contributed by atoms with Crippen LogP contribution in [0.1, 0.15) is 38.2 Å². The van der Waals surface area contributed by atoms with Gasteiger partial charge in [-0.25, -0.2) is 0 Å². The van der Waals surface area contributed by atoms with Crippen LogP contribution < -0.4 is 4.74 Å². The van der Waals surface area contributed by atoms with Crippen molar-refractivity contribution in [2.75, 3.05) is 19.8 Å². The molecule has 2 atom stereocenters. The van der Waals surface area contributed by atoms with E-state index in [1.165, 1.54) is 25.7 Å². The van der Waals surface area contributed by atoms with Gasteiger partial charge in [-0.05, 0) is 56.2 Å². The highest BCUT2D eigenvalue weighted by Gasteiger charge is 2.73. The van der Waals surface area contributed by atoms with E-state index in [0.717, 1.165) is 24.5 Å². The van der Waals surface area contributed by atoms with Crippen molar-refractivity contribution in [3.8, 4) is 5.75 Å². The third kappa shape index (κ3) is 2.44. The molecule has 1 spiro atoms. The summed E-state index contributed by atoms with van der Waals surface area (Å²) in [5.41, 5.74) is 1.36. The smallest absolute Gasteiger partial charge is 0.310 e. The molecule has 0 radical (unpaired) electrons. The van der Waals surface area contributed by atoms with E-state index in [4.69, 9.17) is 14.2 Å². The van der Waals surface area contributed by atoms with Crippen molar-refractivity contribution in [1.82, 2.24) is 0 Å². The Kier molecular flexibility index (Phi) is 3.60.